The van der Waals surface area contributed by atoms with E-state index >= 15 is 0 Å². The molecule has 0 bridgehead atoms. The quantitative estimate of drug-likeness (QED) is 0.539. The molecule has 0 aromatic carbocycles. The van der Waals surface area contributed by atoms with Crippen LogP contribution in [-0.2, 0) is 0 Å². The van der Waals surface area contributed by atoms with E-state index < -0.39 is 0 Å². The van der Waals surface area contributed by atoms with E-state index in [1.807, 2.05) is 14.1 Å². The van der Waals surface area contributed by atoms with Crippen molar-refractivity contribution >= 4 is 0 Å². The Morgan fingerprint density at radius 1 is 1.31 bits per heavy atom. The van der Waals surface area contributed by atoms with Gasteiger partial charge in [-0.3, -0.25) is 4.90 Å². The first-order chi connectivity index (χ1) is 7.58. The number of likely N-dealkylation sites (N-methyl/N-ethyl adjacent to an activating group) is 1. The van der Waals surface area contributed by atoms with Crippen LogP contribution in [0.15, 0.2) is 0 Å². The molecule has 2 aliphatic rings. The molecule has 94 valence electrons. The smallest absolute Gasteiger partial charge is 0.0831 e. The summed E-state index contributed by atoms with van der Waals surface area (Å²) in [5.74, 6) is 0. The van der Waals surface area contributed by atoms with Crippen LogP contribution in [0.3, 0.4) is 0 Å². The van der Waals surface area contributed by atoms with E-state index in [1.165, 1.54) is 0 Å². The summed E-state index contributed by atoms with van der Waals surface area (Å²) in [5, 5.41) is 22.9. The molecule has 2 heterocycles. The van der Waals surface area contributed by atoms with Gasteiger partial charge in [0.2, 0.25) is 0 Å². The van der Waals surface area contributed by atoms with Crippen molar-refractivity contribution in [2.75, 3.05) is 40.3 Å². The van der Waals surface area contributed by atoms with Crippen molar-refractivity contribution in [3.63, 3.8) is 0 Å². The Kier molecular flexibility index (Phi) is 3.81. The molecule has 0 saturated carbocycles. The number of nitrogens with zero attached hydrogens (tertiary/aromatic N) is 2. The molecule has 4 atom stereocenters. The van der Waals surface area contributed by atoms with Gasteiger partial charge in [0.1, 0.15) is 0 Å². The Morgan fingerprint density at radius 3 is 2.62 bits per heavy atom. The van der Waals surface area contributed by atoms with Crippen LogP contribution >= 0.6 is 0 Å². The molecule has 5 nitrogen and oxygen atoms in total. The Morgan fingerprint density at radius 2 is 2.06 bits per heavy atom. The van der Waals surface area contributed by atoms with Crippen LogP contribution < -0.4 is 5.32 Å². The first-order valence-electron chi connectivity index (χ1n) is 6.05. The van der Waals surface area contributed by atoms with Crippen molar-refractivity contribution < 1.29 is 10.2 Å². The maximum absolute atomic E-state index is 9.89. The minimum Gasteiger partial charge on any atom is -0.392 e. The zero-order chi connectivity index (χ0) is 11.7. The molecule has 5 heteroatoms. The lowest BCUT2D eigenvalue weighted by Gasteiger charge is -2.33. The number of aliphatic hydroxyl groups is 2. The van der Waals surface area contributed by atoms with Crippen LogP contribution in [0.5, 0.6) is 0 Å². The molecule has 3 N–H and O–H groups in total. The predicted octanol–water partition coefficient (Wildman–Crippen LogP) is -1.68. The molecule has 16 heavy (non-hydrogen) atoms. The zero-order valence-corrected chi connectivity index (χ0v) is 10.1. The second-order valence-electron chi connectivity index (χ2n) is 5.30. The monoisotopic (exact) mass is 229 g/mol. The Hall–Kier alpha value is -0.200. The highest BCUT2D eigenvalue weighted by Gasteiger charge is 2.40. The lowest BCUT2D eigenvalue weighted by molar-refractivity contribution is 0.0620. The summed E-state index contributed by atoms with van der Waals surface area (Å²) in [7, 11) is 4.10. The van der Waals surface area contributed by atoms with Crippen molar-refractivity contribution in [2.45, 2.75) is 30.7 Å². The van der Waals surface area contributed by atoms with Crippen molar-refractivity contribution in [2.24, 2.45) is 0 Å². The van der Waals surface area contributed by atoms with Crippen LogP contribution in [0.25, 0.3) is 0 Å². The lowest BCUT2D eigenvalue weighted by atomic mass is 10.1. The molecule has 4 unspecified atom stereocenters. The number of β-amino-alcohol motifs (C(OH)–C–C–N with tert-alkyl or cyclic N) is 2. The Labute approximate surface area is 97.0 Å². The fourth-order valence-electron chi connectivity index (χ4n) is 2.91. The van der Waals surface area contributed by atoms with Gasteiger partial charge in [-0.15, -0.1) is 0 Å². The van der Waals surface area contributed by atoms with Crippen LogP contribution in [0, 0.1) is 0 Å². The summed E-state index contributed by atoms with van der Waals surface area (Å²) in [6.45, 7) is 3.14. The fraction of sp³-hybridized carbons (Fsp3) is 1.00. The second-order valence-corrected chi connectivity index (χ2v) is 5.30. The average molecular weight is 229 g/mol. The van der Waals surface area contributed by atoms with Crippen LogP contribution in [0.4, 0.5) is 0 Å². The molecule has 2 saturated heterocycles. The van der Waals surface area contributed by atoms with Crippen molar-refractivity contribution in [1.82, 2.24) is 15.1 Å². The normalized spacial score (nSPS) is 41.1. The minimum atomic E-state index is -0.296. The van der Waals surface area contributed by atoms with E-state index in [-0.39, 0.29) is 18.2 Å². The maximum atomic E-state index is 9.89. The second kappa shape index (κ2) is 4.98. The van der Waals surface area contributed by atoms with Gasteiger partial charge in [-0.05, 0) is 20.5 Å². The van der Waals surface area contributed by atoms with E-state index in [9.17, 15) is 10.2 Å². The Bertz CT molecular complexity index is 237. The summed E-state index contributed by atoms with van der Waals surface area (Å²) in [6, 6.07) is 0.534. The van der Waals surface area contributed by atoms with Gasteiger partial charge in [0, 0.05) is 38.3 Å². The number of likely N-dealkylation sites (tertiary alicyclic amines) is 1. The van der Waals surface area contributed by atoms with Gasteiger partial charge in [0.15, 0.2) is 0 Å². The molecule has 0 spiro atoms. The van der Waals surface area contributed by atoms with Gasteiger partial charge in [-0.25, -0.2) is 0 Å². The largest absolute Gasteiger partial charge is 0.392 e. The number of hydrogen-bond donors (Lipinski definition) is 3. The summed E-state index contributed by atoms with van der Waals surface area (Å²) < 4.78 is 0. The van der Waals surface area contributed by atoms with Gasteiger partial charge in [0.25, 0.3) is 0 Å². The van der Waals surface area contributed by atoms with Gasteiger partial charge in [-0.1, -0.05) is 0 Å². The van der Waals surface area contributed by atoms with E-state index in [1.54, 1.807) is 0 Å². The summed E-state index contributed by atoms with van der Waals surface area (Å²) in [5.41, 5.74) is 0. The molecular weight excluding hydrogens is 206 g/mol. The lowest BCUT2D eigenvalue weighted by Crippen LogP contribution is -2.49. The van der Waals surface area contributed by atoms with Gasteiger partial charge >= 0.3 is 0 Å². The molecule has 2 fully saturated rings. The van der Waals surface area contributed by atoms with Gasteiger partial charge in [-0.2, -0.15) is 0 Å². The van der Waals surface area contributed by atoms with Gasteiger partial charge in [0.05, 0.1) is 12.2 Å². The van der Waals surface area contributed by atoms with Crippen LogP contribution in [0.1, 0.15) is 6.42 Å². The molecule has 2 aliphatic heterocycles. The van der Waals surface area contributed by atoms with Crippen LogP contribution in [0.2, 0.25) is 0 Å². The van der Waals surface area contributed by atoms with Crippen molar-refractivity contribution in [3.8, 4) is 0 Å². The first kappa shape index (κ1) is 12.3. The molecule has 2 rings (SSSR count). The number of nitrogens with one attached hydrogen (secondary N) is 1. The van der Waals surface area contributed by atoms with Crippen molar-refractivity contribution in [3.05, 3.63) is 0 Å². The number of rotatable bonds is 3. The van der Waals surface area contributed by atoms with E-state index in [0.717, 1.165) is 19.5 Å². The highest BCUT2D eigenvalue weighted by Crippen LogP contribution is 2.24. The third-order valence-corrected chi connectivity index (χ3v) is 3.59. The summed E-state index contributed by atoms with van der Waals surface area (Å²) in [6.07, 6.45) is 0.286. The molecule has 0 aromatic rings. The predicted molar refractivity (Wildman–Crippen MR) is 62.3 cm³/mol. The van der Waals surface area contributed by atoms with E-state index in [2.05, 4.69) is 15.1 Å². The van der Waals surface area contributed by atoms with E-state index in [0.29, 0.717) is 19.1 Å². The zero-order valence-electron chi connectivity index (χ0n) is 10.1. The third-order valence-electron chi connectivity index (χ3n) is 3.59. The van der Waals surface area contributed by atoms with Gasteiger partial charge < -0.3 is 20.4 Å². The van der Waals surface area contributed by atoms with Crippen LogP contribution in [-0.4, -0.2) is 84.6 Å². The molecule has 0 amide bonds. The van der Waals surface area contributed by atoms with E-state index in [4.69, 9.17) is 0 Å². The molecule has 0 radical (unpaired) electrons. The summed E-state index contributed by atoms with van der Waals surface area (Å²) >= 11 is 0. The third kappa shape index (κ3) is 2.55. The maximum Gasteiger partial charge on any atom is 0.0831 e. The minimum absolute atomic E-state index is 0.169. The number of hydrogen-bond acceptors (Lipinski definition) is 5. The summed E-state index contributed by atoms with van der Waals surface area (Å²) in [4.78, 5) is 4.42. The highest BCUT2D eigenvalue weighted by atomic mass is 16.3. The number of aliphatic hydroxyl groups excluding tert-OH is 2. The average Bonchev–Trinajstić information content (AvgIpc) is 2.71. The Balaban J connectivity index is 2.00. The first-order valence-corrected chi connectivity index (χ1v) is 6.05. The van der Waals surface area contributed by atoms with Crippen molar-refractivity contribution in [1.29, 1.82) is 0 Å². The topological polar surface area (TPSA) is 59.0 Å². The standard InChI is InChI=1S/C11H23N3O2/c1-13(2)6-8-3-9(15)7-14(8)10-4-12-5-11(10)16/h8-12,15-16H,3-7H2,1-2H3. The SMILES string of the molecule is CN(C)CC1CC(O)CN1C1CNCC1O. The molecule has 0 aliphatic carbocycles. The molecule has 0 aromatic heterocycles. The fourth-order valence-corrected chi connectivity index (χ4v) is 2.91. The molecular formula is C11H23N3O2. The highest BCUT2D eigenvalue weighted by molar-refractivity contribution is 4.97.